The molecule has 136 valence electrons. The molecule has 0 unspecified atom stereocenters. The molecule has 0 saturated carbocycles. The van der Waals surface area contributed by atoms with Gasteiger partial charge in [0.05, 0.1) is 13.5 Å². The number of benzene rings is 2. The topological polar surface area (TPSA) is 93.7 Å². The van der Waals surface area contributed by atoms with E-state index < -0.39 is 23.9 Å². The Morgan fingerprint density at radius 3 is 2.23 bits per heavy atom. The van der Waals surface area contributed by atoms with E-state index in [1.165, 1.54) is 6.92 Å². The number of esters is 1. The second kappa shape index (κ2) is 9.22. The van der Waals surface area contributed by atoms with Gasteiger partial charge >= 0.3 is 5.97 Å². The lowest BCUT2D eigenvalue weighted by Crippen LogP contribution is -2.46. The van der Waals surface area contributed by atoms with Crippen LogP contribution in [0.1, 0.15) is 22.8 Å². The molecule has 7 nitrogen and oxygen atoms in total. The van der Waals surface area contributed by atoms with Gasteiger partial charge in [0.25, 0.3) is 11.8 Å². The van der Waals surface area contributed by atoms with Crippen molar-refractivity contribution in [1.29, 1.82) is 0 Å². The van der Waals surface area contributed by atoms with Gasteiger partial charge < -0.3 is 9.47 Å². The predicted molar refractivity (Wildman–Crippen MR) is 94.3 cm³/mol. The van der Waals surface area contributed by atoms with Crippen molar-refractivity contribution in [1.82, 2.24) is 10.9 Å². The van der Waals surface area contributed by atoms with Crippen LogP contribution in [-0.2, 0) is 20.7 Å². The molecule has 0 aliphatic rings. The van der Waals surface area contributed by atoms with Gasteiger partial charge in [-0.15, -0.1) is 0 Å². The molecule has 0 saturated heterocycles. The second-order valence-corrected chi connectivity index (χ2v) is 5.47. The molecular formula is C19H20N2O5. The Morgan fingerprint density at radius 2 is 1.62 bits per heavy atom. The van der Waals surface area contributed by atoms with Crippen molar-refractivity contribution in [2.75, 3.05) is 7.11 Å². The minimum atomic E-state index is -1.04. The van der Waals surface area contributed by atoms with Crippen molar-refractivity contribution < 1.29 is 23.9 Å². The summed E-state index contributed by atoms with van der Waals surface area (Å²) in [4.78, 5) is 35.7. The molecule has 2 aromatic carbocycles. The lowest BCUT2D eigenvalue weighted by atomic mass is 10.1. The highest BCUT2D eigenvalue weighted by atomic mass is 16.5. The first kappa shape index (κ1) is 19.0. The Hall–Kier alpha value is -3.35. The van der Waals surface area contributed by atoms with Crippen LogP contribution >= 0.6 is 0 Å². The Kier molecular flexibility index (Phi) is 6.73. The lowest BCUT2D eigenvalue weighted by molar-refractivity contribution is -0.154. The number of rotatable bonds is 6. The van der Waals surface area contributed by atoms with Crippen molar-refractivity contribution in [3.63, 3.8) is 0 Å². The molecule has 7 heteroatoms. The number of ether oxygens (including phenoxy) is 2. The van der Waals surface area contributed by atoms with Gasteiger partial charge in [-0.25, -0.2) is 0 Å². The molecule has 0 fully saturated rings. The van der Waals surface area contributed by atoms with E-state index in [-0.39, 0.29) is 6.42 Å². The average Bonchev–Trinajstić information content (AvgIpc) is 2.66. The first-order valence-corrected chi connectivity index (χ1v) is 7.97. The number of hydrazine groups is 1. The fraction of sp³-hybridized carbons (Fsp3) is 0.211. The third-order valence-electron chi connectivity index (χ3n) is 3.52. The quantitative estimate of drug-likeness (QED) is 0.606. The summed E-state index contributed by atoms with van der Waals surface area (Å²) in [6.07, 6.45) is -1.02. The van der Waals surface area contributed by atoms with Gasteiger partial charge in [-0.05, 0) is 36.8 Å². The van der Waals surface area contributed by atoms with Crippen LogP contribution in [0.25, 0.3) is 0 Å². The van der Waals surface area contributed by atoms with E-state index in [9.17, 15) is 14.4 Å². The summed E-state index contributed by atoms with van der Waals surface area (Å²) in [5, 5.41) is 0. The first-order valence-electron chi connectivity index (χ1n) is 7.97. The zero-order chi connectivity index (χ0) is 18.9. The van der Waals surface area contributed by atoms with E-state index in [0.29, 0.717) is 11.3 Å². The molecule has 26 heavy (non-hydrogen) atoms. The summed E-state index contributed by atoms with van der Waals surface area (Å²) in [5.74, 6) is -0.954. The molecule has 2 N–H and O–H groups in total. The molecule has 0 aromatic heterocycles. The molecule has 1 atom stereocenters. The van der Waals surface area contributed by atoms with Gasteiger partial charge in [-0.2, -0.15) is 0 Å². The Labute approximate surface area is 151 Å². The predicted octanol–water partition coefficient (Wildman–Crippen LogP) is 1.63. The van der Waals surface area contributed by atoms with E-state index in [1.54, 1.807) is 61.7 Å². The van der Waals surface area contributed by atoms with Crippen molar-refractivity contribution in [2.24, 2.45) is 0 Å². The van der Waals surface area contributed by atoms with Crippen LogP contribution in [0.3, 0.4) is 0 Å². The summed E-state index contributed by atoms with van der Waals surface area (Å²) in [7, 11) is 1.56. The molecule has 2 rings (SSSR count). The number of carbonyl (C=O) groups is 3. The third kappa shape index (κ3) is 5.62. The Bertz CT molecular complexity index is 759. The van der Waals surface area contributed by atoms with E-state index in [0.717, 1.165) is 5.56 Å². The van der Waals surface area contributed by atoms with Crippen LogP contribution in [0.5, 0.6) is 5.75 Å². The molecule has 2 amide bonds. The van der Waals surface area contributed by atoms with E-state index in [1.807, 2.05) is 0 Å². The number of carbonyl (C=O) groups excluding carboxylic acids is 3. The first-order chi connectivity index (χ1) is 12.5. The Morgan fingerprint density at radius 1 is 0.962 bits per heavy atom. The fourth-order valence-corrected chi connectivity index (χ4v) is 2.08. The third-order valence-corrected chi connectivity index (χ3v) is 3.52. The second-order valence-electron chi connectivity index (χ2n) is 5.47. The van der Waals surface area contributed by atoms with Crippen LogP contribution in [0.4, 0.5) is 0 Å². The highest BCUT2D eigenvalue weighted by molar-refractivity contribution is 5.95. The number of nitrogens with one attached hydrogen (secondary N) is 2. The summed E-state index contributed by atoms with van der Waals surface area (Å²) < 4.78 is 10.1. The molecule has 0 spiro atoms. The number of methoxy groups -OCH3 is 1. The van der Waals surface area contributed by atoms with E-state index in [2.05, 4.69) is 10.9 Å². The molecule has 0 aliphatic carbocycles. The minimum absolute atomic E-state index is 0.0258. The molecule has 0 bridgehead atoms. The normalized spacial score (nSPS) is 11.2. The van der Waals surface area contributed by atoms with Gasteiger partial charge in [0, 0.05) is 5.56 Å². The SMILES string of the molecule is COc1ccc(CC(=O)O[C@@H](C)C(=O)NNC(=O)c2ccccc2)cc1. The van der Waals surface area contributed by atoms with Crippen molar-refractivity contribution in [2.45, 2.75) is 19.4 Å². The summed E-state index contributed by atoms with van der Waals surface area (Å²) in [6.45, 7) is 1.43. The van der Waals surface area contributed by atoms with Crippen molar-refractivity contribution in [3.05, 3.63) is 65.7 Å². The van der Waals surface area contributed by atoms with Crippen LogP contribution < -0.4 is 15.6 Å². The number of hydrogen-bond acceptors (Lipinski definition) is 5. The van der Waals surface area contributed by atoms with Gasteiger partial charge in [0.2, 0.25) is 0 Å². The molecule has 0 aliphatic heterocycles. The van der Waals surface area contributed by atoms with Crippen LogP contribution in [0, 0.1) is 0 Å². The minimum Gasteiger partial charge on any atom is -0.497 e. The van der Waals surface area contributed by atoms with Gasteiger partial charge in [0.15, 0.2) is 6.10 Å². The van der Waals surface area contributed by atoms with Crippen molar-refractivity contribution >= 4 is 17.8 Å². The van der Waals surface area contributed by atoms with Gasteiger partial charge in [-0.3, -0.25) is 25.2 Å². The number of amides is 2. The van der Waals surface area contributed by atoms with Gasteiger partial charge in [-0.1, -0.05) is 30.3 Å². The summed E-state index contributed by atoms with van der Waals surface area (Å²) in [6, 6.07) is 15.4. The molecule has 0 heterocycles. The zero-order valence-electron chi connectivity index (χ0n) is 14.5. The van der Waals surface area contributed by atoms with Crippen LogP contribution in [0.2, 0.25) is 0 Å². The maximum atomic E-state index is 11.9. The highest BCUT2D eigenvalue weighted by Gasteiger charge is 2.18. The largest absolute Gasteiger partial charge is 0.497 e. The monoisotopic (exact) mass is 356 g/mol. The van der Waals surface area contributed by atoms with E-state index >= 15 is 0 Å². The lowest BCUT2D eigenvalue weighted by Gasteiger charge is -2.14. The standard InChI is InChI=1S/C19H20N2O5/c1-13(18(23)20-21-19(24)15-6-4-3-5-7-15)26-17(22)12-14-8-10-16(25-2)11-9-14/h3-11,13H,12H2,1-2H3,(H,20,23)(H,21,24)/t13-/m0/s1. The average molecular weight is 356 g/mol. The maximum Gasteiger partial charge on any atom is 0.311 e. The van der Waals surface area contributed by atoms with Crippen LogP contribution in [0.15, 0.2) is 54.6 Å². The maximum absolute atomic E-state index is 11.9. The van der Waals surface area contributed by atoms with Gasteiger partial charge in [0.1, 0.15) is 5.75 Å². The number of hydrogen-bond donors (Lipinski definition) is 2. The van der Waals surface area contributed by atoms with E-state index in [4.69, 9.17) is 9.47 Å². The van der Waals surface area contributed by atoms with Crippen LogP contribution in [-0.4, -0.2) is 31.0 Å². The molecule has 2 aromatic rings. The van der Waals surface area contributed by atoms with Crippen molar-refractivity contribution in [3.8, 4) is 5.75 Å². The summed E-state index contributed by atoms with van der Waals surface area (Å²) in [5.41, 5.74) is 5.64. The molecular weight excluding hydrogens is 336 g/mol. The summed E-state index contributed by atoms with van der Waals surface area (Å²) >= 11 is 0. The fourth-order valence-electron chi connectivity index (χ4n) is 2.08. The highest BCUT2D eigenvalue weighted by Crippen LogP contribution is 2.12. The molecule has 0 radical (unpaired) electrons. The smallest absolute Gasteiger partial charge is 0.311 e. The Balaban J connectivity index is 1.78. The zero-order valence-corrected chi connectivity index (χ0v) is 14.5.